The van der Waals surface area contributed by atoms with Gasteiger partial charge in [-0.3, -0.25) is 9.48 Å². The van der Waals surface area contributed by atoms with E-state index in [0.717, 1.165) is 11.3 Å². The smallest absolute Gasteiger partial charge is 0.306 e. The molecule has 2 rings (SSSR count). The first-order valence-electron chi connectivity index (χ1n) is 6.50. The molecule has 20 heavy (non-hydrogen) atoms. The van der Waals surface area contributed by atoms with Gasteiger partial charge in [0.2, 0.25) is 0 Å². The molecule has 0 bridgehead atoms. The largest absolute Gasteiger partial charge is 0.481 e. The molecule has 0 saturated heterocycles. The van der Waals surface area contributed by atoms with E-state index < -0.39 is 11.9 Å². The standard InChI is InChI=1S/C15H17ClN2O2/c1-18-14(8-9-17-18)7-4-12(15(19)20)10-11-2-5-13(16)6-3-11/h2-3,5-6,8-9,12H,4,7,10H2,1H3,(H,19,20). The van der Waals surface area contributed by atoms with E-state index in [9.17, 15) is 9.90 Å². The van der Waals surface area contributed by atoms with Gasteiger partial charge in [0.1, 0.15) is 0 Å². The van der Waals surface area contributed by atoms with Crippen LogP contribution in [0, 0.1) is 5.92 Å². The fourth-order valence-corrected chi connectivity index (χ4v) is 2.31. The van der Waals surface area contributed by atoms with Gasteiger partial charge in [0.25, 0.3) is 0 Å². The van der Waals surface area contributed by atoms with Crippen LogP contribution in [0.4, 0.5) is 0 Å². The molecule has 4 nitrogen and oxygen atoms in total. The highest BCUT2D eigenvalue weighted by Crippen LogP contribution is 2.17. The first-order valence-corrected chi connectivity index (χ1v) is 6.88. The van der Waals surface area contributed by atoms with Gasteiger partial charge in [-0.05, 0) is 43.0 Å². The zero-order chi connectivity index (χ0) is 14.5. The number of aromatic nitrogens is 2. The number of halogens is 1. The Hall–Kier alpha value is -1.81. The SMILES string of the molecule is Cn1nccc1CCC(Cc1ccc(Cl)cc1)C(=O)O. The normalized spacial score (nSPS) is 12.3. The zero-order valence-corrected chi connectivity index (χ0v) is 12.0. The summed E-state index contributed by atoms with van der Waals surface area (Å²) < 4.78 is 1.78. The second kappa shape index (κ2) is 6.57. The number of hydrogen-bond donors (Lipinski definition) is 1. The van der Waals surface area contributed by atoms with Crippen LogP contribution < -0.4 is 0 Å². The molecular weight excluding hydrogens is 276 g/mol. The van der Waals surface area contributed by atoms with Gasteiger partial charge in [-0.25, -0.2) is 0 Å². The maximum absolute atomic E-state index is 11.4. The van der Waals surface area contributed by atoms with Crippen LogP contribution in [0.5, 0.6) is 0 Å². The van der Waals surface area contributed by atoms with Crippen LogP contribution in [-0.4, -0.2) is 20.9 Å². The molecule has 0 aliphatic heterocycles. The Morgan fingerprint density at radius 3 is 2.60 bits per heavy atom. The number of hydrogen-bond acceptors (Lipinski definition) is 2. The van der Waals surface area contributed by atoms with Crippen molar-refractivity contribution in [3.8, 4) is 0 Å². The highest BCUT2D eigenvalue weighted by Gasteiger charge is 2.18. The van der Waals surface area contributed by atoms with Gasteiger partial charge < -0.3 is 5.11 Å². The van der Waals surface area contributed by atoms with Crippen molar-refractivity contribution >= 4 is 17.6 Å². The second-order valence-corrected chi connectivity index (χ2v) is 5.29. The van der Waals surface area contributed by atoms with Crippen LogP contribution in [0.2, 0.25) is 5.02 Å². The Balaban J connectivity index is 1.99. The summed E-state index contributed by atoms with van der Waals surface area (Å²) in [5.41, 5.74) is 2.04. The van der Waals surface area contributed by atoms with Crippen LogP contribution in [0.15, 0.2) is 36.5 Å². The average Bonchev–Trinajstić information content (AvgIpc) is 2.82. The molecule has 0 amide bonds. The Labute approximate surface area is 123 Å². The summed E-state index contributed by atoms with van der Waals surface area (Å²) in [5, 5.41) is 14.1. The third-order valence-corrected chi connectivity index (χ3v) is 3.67. The molecule has 2 aromatic rings. The van der Waals surface area contributed by atoms with Gasteiger partial charge in [0.05, 0.1) is 5.92 Å². The molecule has 0 aliphatic carbocycles. The maximum Gasteiger partial charge on any atom is 0.306 e. The van der Waals surface area contributed by atoms with Gasteiger partial charge >= 0.3 is 5.97 Å². The quantitative estimate of drug-likeness (QED) is 0.890. The first-order chi connectivity index (χ1) is 9.56. The molecule has 0 radical (unpaired) electrons. The lowest BCUT2D eigenvalue weighted by molar-refractivity contribution is -0.141. The Morgan fingerprint density at radius 2 is 2.05 bits per heavy atom. The van der Waals surface area contributed by atoms with Crippen molar-refractivity contribution in [1.29, 1.82) is 0 Å². The summed E-state index contributed by atoms with van der Waals surface area (Å²) in [7, 11) is 1.87. The lowest BCUT2D eigenvalue weighted by atomic mass is 9.94. The molecule has 1 unspecified atom stereocenters. The van der Waals surface area contributed by atoms with Crippen molar-refractivity contribution in [2.24, 2.45) is 13.0 Å². The number of benzene rings is 1. The van der Waals surface area contributed by atoms with Gasteiger partial charge in [-0.1, -0.05) is 23.7 Å². The Kier molecular flexibility index (Phi) is 4.79. The monoisotopic (exact) mass is 292 g/mol. The van der Waals surface area contributed by atoms with Crippen LogP contribution in [0.25, 0.3) is 0 Å². The lowest BCUT2D eigenvalue weighted by Crippen LogP contribution is -2.18. The molecule has 1 aromatic carbocycles. The third kappa shape index (κ3) is 3.84. The van der Waals surface area contributed by atoms with E-state index >= 15 is 0 Å². The number of carboxylic acids is 1. The minimum Gasteiger partial charge on any atom is -0.481 e. The highest BCUT2D eigenvalue weighted by atomic mass is 35.5. The van der Waals surface area contributed by atoms with E-state index in [1.165, 1.54) is 0 Å². The lowest BCUT2D eigenvalue weighted by Gasteiger charge is -2.12. The van der Waals surface area contributed by atoms with Gasteiger partial charge in [0, 0.05) is 24.0 Å². The summed E-state index contributed by atoms with van der Waals surface area (Å²) in [6.45, 7) is 0. The molecule has 1 atom stereocenters. The predicted molar refractivity (Wildman–Crippen MR) is 77.8 cm³/mol. The number of rotatable bonds is 6. The van der Waals surface area contributed by atoms with E-state index in [1.54, 1.807) is 23.0 Å². The molecular formula is C15H17ClN2O2. The van der Waals surface area contributed by atoms with Crippen LogP contribution in [-0.2, 0) is 24.7 Å². The number of aryl methyl sites for hydroxylation is 2. The molecule has 5 heteroatoms. The topological polar surface area (TPSA) is 55.1 Å². The van der Waals surface area contributed by atoms with E-state index in [1.807, 2.05) is 25.2 Å². The van der Waals surface area contributed by atoms with Crippen molar-refractivity contribution in [2.75, 3.05) is 0 Å². The first kappa shape index (κ1) is 14.6. The molecule has 0 spiro atoms. The van der Waals surface area contributed by atoms with Crippen molar-refractivity contribution in [3.63, 3.8) is 0 Å². The molecule has 1 heterocycles. The van der Waals surface area contributed by atoms with Gasteiger partial charge in [-0.15, -0.1) is 0 Å². The summed E-state index contributed by atoms with van der Waals surface area (Å²) in [5.74, 6) is -1.16. The van der Waals surface area contributed by atoms with Crippen molar-refractivity contribution < 1.29 is 9.90 Å². The van der Waals surface area contributed by atoms with Crippen LogP contribution in [0.3, 0.4) is 0 Å². The van der Waals surface area contributed by atoms with Gasteiger partial charge in [0.15, 0.2) is 0 Å². The van der Waals surface area contributed by atoms with Crippen LogP contribution in [0.1, 0.15) is 17.7 Å². The van der Waals surface area contributed by atoms with Crippen molar-refractivity contribution in [3.05, 3.63) is 52.8 Å². The molecule has 0 saturated carbocycles. The summed E-state index contributed by atoms with van der Waals surface area (Å²) >= 11 is 5.83. The molecule has 106 valence electrons. The van der Waals surface area contributed by atoms with Crippen molar-refractivity contribution in [2.45, 2.75) is 19.3 Å². The Morgan fingerprint density at radius 1 is 1.35 bits per heavy atom. The number of nitrogens with zero attached hydrogens (tertiary/aromatic N) is 2. The van der Waals surface area contributed by atoms with Gasteiger partial charge in [-0.2, -0.15) is 5.10 Å². The fourth-order valence-electron chi connectivity index (χ4n) is 2.19. The average molecular weight is 293 g/mol. The minimum absolute atomic E-state index is 0.397. The number of carbonyl (C=O) groups is 1. The number of aliphatic carboxylic acids is 1. The second-order valence-electron chi connectivity index (χ2n) is 4.85. The zero-order valence-electron chi connectivity index (χ0n) is 11.3. The molecule has 0 fully saturated rings. The van der Waals surface area contributed by atoms with Crippen molar-refractivity contribution in [1.82, 2.24) is 9.78 Å². The Bertz CT molecular complexity index is 578. The van der Waals surface area contributed by atoms with E-state index in [2.05, 4.69) is 5.10 Å². The molecule has 1 N–H and O–H groups in total. The third-order valence-electron chi connectivity index (χ3n) is 3.42. The summed E-state index contributed by atoms with van der Waals surface area (Å²) in [4.78, 5) is 11.4. The van der Waals surface area contributed by atoms with Crippen LogP contribution >= 0.6 is 11.6 Å². The minimum atomic E-state index is -0.762. The maximum atomic E-state index is 11.4. The molecule has 1 aromatic heterocycles. The summed E-state index contributed by atoms with van der Waals surface area (Å²) in [6, 6.07) is 9.25. The number of carboxylic acid groups (broad SMARTS) is 1. The van der Waals surface area contributed by atoms with E-state index in [-0.39, 0.29) is 0 Å². The van der Waals surface area contributed by atoms with E-state index in [4.69, 9.17) is 11.6 Å². The highest BCUT2D eigenvalue weighted by molar-refractivity contribution is 6.30. The van der Waals surface area contributed by atoms with E-state index in [0.29, 0.717) is 24.3 Å². The molecule has 0 aliphatic rings. The predicted octanol–water partition coefficient (Wildman–Crippen LogP) is 2.95. The summed E-state index contributed by atoms with van der Waals surface area (Å²) in [6.07, 6.45) is 3.55. The fraction of sp³-hybridized carbons (Fsp3) is 0.333.